The minimum atomic E-state index is -1.03. The zero-order valence-corrected chi connectivity index (χ0v) is 24.6. The number of ketones is 1. The highest BCUT2D eigenvalue weighted by Gasteiger charge is 2.47. The molecule has 0 radical (unpaired) electrons. The Labute approximate surface area is 247 Å². The third kappa shape index (κ3) is 5.27. The van der Waals surface area contributed by atoms with Crippen molar-refractivity contribution in [2.75, 3.05) is 26.2 Å². The summed E-state index contributed by atoms with van der Waals surface area (Å²) in [5.41, 5.74) is 1.42. The summed E-state index contributed by atoms with van der Waals surface area (Å²) >= 11 is 9.82. The molecule has 5 rings (SSSR count). The first-order valence-electron chi connectivity index (χ1n) is 11.7. The van der Waals surface area contributed by atoms with Gasteiger partial charge in [0.05, 0.1) is 37.8 Å². The summed E-state index contributed by atoms with van der Waals surface area (Å²) in [5, 5.41) is 22.2. The molecule has 0 saturated carbocycles. The topological polar surface area (TPSA) is 111 Å². The SMILES string of the molecule is COc1cc(C2C(C(=O)c3cccs3)=C(O)C(=O)N2c2nnc(SCc3ccc(Cl)cc3)s2)cc(OC)c1OC. The molecule has 0 saturated heterocycles. The largest absolute Gasteiger partial charge is 0.503 e. The minimum absolute atomic E-state index is 0.0766. The van der Waals surface area contributed by atoms with E-state index < -0.39 is 23.5 Å². The van der Waals surface area contributed by atoms with Crippen molar-refractivity contribution < 1.29 is 28.9 Å². The van der Waals surface area contributed by atoms with Gasteiger partial charge in [0.15, 0.2) is 21.6 Å². The van der Waals surface area contributed by atoms with Crippen LogP contribution >= 0.6 is 46.0 Å². The van der Waals surface area contributed by atoms with Gasteiger partial charge in [0.2, 0.25) is 16.7 Å². The van der Waals surface area contributed by atoms with Crippen LogP contribution in [0.25, 0.3) is 0 Å². The molecule has 0 aliphatic carbocycles. The van der Waals surface area contributed by atoms with Gasteiger partial charge in [-0.2, -0.15) is 0 Å². The van der Waals surface area contributed by atoms with Gasteiger partial charge in [-0.1, -0.05) is 52.9 Å². The van der Waals surface area contributed by atoms with Gasteiger partial charge < -0.3 is 19.3 Å². The Morgan fingerprint density at radius 1 is 1.07 bits per heavy atom. The van der Waals surface area contributed by atoms with E-state index in [0.29, 0.717) is 42.8 Å². The number of carbonyl (C=O) groups excluding carboxylic acids is 2. The first-order chi connectivity index (χ1) is 19.4. The number of thiophene rings is 1. The second-order valence-electron chi connectivity index (χ2n) is 8.37. The molecule has 1 N–H and O–H groups in total. The number of Topliss-reactive ketones (excluding diaryl/α,β-unsaturated/α-hetero) is 1. The predicted molar refractivity (Wildman–Crippen MR) is 156 cm³/mol. The number of methoxy groups -OCH3 is 3. The maximum Gasteiger partial charge on any atom is 0.296 e. The number of ether oxygens (including phenoxy) is 3. The highest BCUT2D eigenvalue weighted by atomic mass is 35.5. The number of hydrogen-bond donors (Lipinski definition) is 1. The number of aliphatic hydroxyl groups excluding tert-OH is 1. The Kier molecular flexibility index (Phi) is 8.31. The van der Waals surface area contributed by atoms with E-state index in [1.165, 1.54) is 60.7 Å². The minimum Gasteiger partial charge on any atom is -0.503 e. The highest BCUT2D eigenvalue weighted by Crippen LogP contribution is 2.48. The van der Waals surface area contributed by atoms with E-state index in [9.17, 15) is 14.7 Å². The fourth-order valence-electron chi connectivity index (χ4n) is 4.23. The summed E-state index contributed by atoms with van der Waals surface area (Å²) in [7, 11) is 4.42. The second kappa shape index (κ2) is 11.9. The second-order valence-corrected chi connectivity index (χ2v) is 11.9. The fraction of sp³-hybridized carbons (Fsp3) is 0.185. The molecular formula is C27H22ClN3O6S3. The molecule has 13 heteroatoms. The van der Waals surface area contributed by atoms with Gasteiger partial charge in [0, 0.05) is 10.8 Å². The van der Waals surface area contributed by atoms with Crippen molar-refractivity contribution >= 4 is 62.9 Å². The van der Waals surface area contributed by atoms with E-state index in [-0.39, 0.29) is 10.7 Å². The molecule has 1 unspecified atom stereocenters. The molecule has 9 nitrogen and oxygen atoms in total. The number of hydrogen-bond acceptors (Lipinski definition) is 11. The molecule has 40 heavy (non-hydrogen) atoms. The van der Waals surface area contributed by atoms with E-state index >= 15 is 0 Å². The van der Waals surface area contributed by atoms with Gasteiger partial charge in [-0.25, -0.2) is 0 Å². The lowest BCUT2D eigenvalue weighted by Gasteiger charge is -2.25. The predicted octanol–water partition coefficient (Wildman–Crippen LogP) is 6.35. The molecule has 2 aromatic carbocycles. The number of benzene rings is 2. The first-order valence-corrected chi connectivity index (χ1v) is 14.8. The summed E-state index contributed by atoms with van der Waals surface area (Å²) in [6.07, 6.45) is 0. The Morgan fingerprint density at radius 3 is 2.38 bits per heavy atom. The van der Waals surface area contributed by atoms with Gasteiger partial charge in [0.25, 0.3) is 5.91 Å². The lowest BCUT2D eigenvalue weighted by Crippen LogP contribution is -2.31. The zero-order chi connectivity index (χ0) is 28.4. The lowest BCUT2D eigenvalue weighted by atomic mass is 9.95. The van der Waals surface area contributed by atoms with Crippen LogP contribution in [0.2, 0.25) is 5.02 Å². The molecule has 206 valence electrons. The summed E-state index contributed by atoms with van der Waals surface area (Å²) < 4.78 is 17.1. The highest BCUT2D eigenvalue weighted by molar-refractivity contribution is 8.00. The number of rotatable bonds is 10. The van der Waals surface area contributed by atoms with Crippen LogP contribution in [0.3, 0.4) is 0 Å². The molecule has 3 heterocycles. The van der Waals surface area contributed by atoms with Gasteiger partial charge >= 0.3 is 0 Å². The molecule has 0 fully saturated rings. The van der Waals surface area contributed by atoms with Crippen molar-refractivity contribution in [2.45, 2.75) is 16.1 Å². The van der Waals surface area contributed by atoms with Crippen molar-refractivity contribution in [3.05, 3.63) is 86.3 Å². The number of aliphatic hydroxyl groups is 1. The third-order valence-electron chi connectivity index (χ3n) is 6.08. The van der Waals surface area contributed by atoms with Crippen molar-refractivity contribution in [3.63, 3.8) is 0 Å². The van der Waals surface area contributed by atoms with Crippen LogP contribution in [0.1, 0.15) is 26.8 Å². The molecule has 2 aromatic heterocycles. The van der Waals surface area contributed by atoms with Crippen LogP contribution in [-0.4, -0.2) is 48.3 Å². The molecule has 1 atom stereocenters. The van der Waals surface area contributed by atoms with E-state index in [2.05, 4.69) is 10.2 Å². The van der Waals surface area contributed by atoms with Crippen LogP contribution in [-0.2, 0) is 10.5 Å². The quantitative estimate of drug-likeness (QED) is 0.124. The van der Waals surface area contributed by atoms with Gasteiger partial charge in [0.1, 0.15) is 0 Å². The van der Waals surface area contributed by atoms with Crippen LogP contribution in [0.5, 0.6) is 17.2 Å². The maximum atomic E-state index is 13.6. The van der Waals surface area contributed by atoms with E-state index in [1.807, 2.05) is 24.3 Å². The molecule has 1 aliphatic rings. The van der Waals surface area contributed by atoms with E-state index in [0.717, 1.165) is 5.56 Å². The molecule has 1 amide bonds. The number of nitrogens with zero attached hydrogens (tertiary/aromatic N) is 3. The number of amides is 1. The average molecular weight is 616 g/mol. The smallest absolute Gasteiger partial charge is 0.296 e. The van der Waals surface area contributed by atoms with Crippen LogP contribution < -0.4 is 19.1 Å². The Morgan fingerprint density at radius 2 is 1.77 bits per heavy atom. The number of halogens is 1. The zero-order valence-electron chi connectivity index (χ0n) is 21.4. The number of carbonyl (C=O) groups is 2. The third-order valence-corrected chi connectivity index (χ3v) is 9.33. The van der Waals surface area contributed by atoms with Crippen molar-refractivity contribution in [2.24, 2.45) is 0 Å². The van der Waals surface area contributed by atoms with Crippen LogP contribution in [0, 0.1) is 0 Å². The number of thioether (sulfide) groups is 1. The molecule has 0 bridgehead atoms. The number of aromatic nitrogens is 2. The standard InChI is InChI=1S/C27H22ClN3O6S3/c1-35-17-11-15(12-18(36-2)24(17)37-3)21-20(22(32)19-5-4-10-38-19)23(33)25(34)31(21)26-29-30-27(40-26)39-13-14-6-8-16(28)9-7-14/h4-12,21,33H,13H2,1-3H3. The molecule has 4 aromatic rings. The van der Waals surface area contributed by atoms with Gasteiger partial charge in [-0.15, -0.1) is 21.5 Å². The monoisotopic (exact) mass is 615 g/mol. The Balaban J connectivity index is 1.56. The van der Waals surface area contributed by atoms with Crippen molar-refractivity contribution in [1.82, 2.24) is 10.2 Å². The fourth-order valence-corrected chi connectivity index (χ4v) is 6.86. The van der Waals surface area contributed by atoms with Crippen molar-refractivity contribution in [3.8, 4) is 17.2 Å². The van der Waals surface area contributed by atoms with E-state index in [1.54, 1.807) is 29.6 Å². The van der Waals surface area contributed by atoms with Gasteiger partial charge in [-0.3, -0.25) is 14.5 Å². The summed E-state index contributed by atoms with van der Waals surface area (Å²) in [5.74, 6) is -0.261. The summed E-state index contributed by atoms with van der Waals surface area (Å²) in [6.45, 7) is 0. The molecule has 0 spiro atoms. The Bertz CT molecular complexity index is 1560. The first kappa shape index (κ1) is 28.0. The summed E-state index contributed by atoms with van der Waals surface area (Å²) in [6, 6.07) is 13.1. The number of anilines is 1. The van der Waals surface area contributed by atoms with Crippen LogP contribution in [0.4, 0.5) is 5.13 Å². The van der Waals surface area contributed by atoms with Gasteiger partial charge in [-0.05, 0) is 46.8 Å². The van der Waals surface area contributed by atoms with E-state index in [4.69, 9.17) is 25.8 Å². The maximum absolute atomic E-state index is 13.6. The average Bonchev–Trinajstić information content (AvgIpc) is 3.72. The molecular weight excluding hydrogens is 594 g/mol. The Hall–Kier alpha value is -3.58. The summed E-state index contributed by atoms with van der Waals surface area (Å²) in [4.78, 5) is 28.8. The lowest BCUT2D eigenvalue weighted by molar-refractivity contribution is -0.117. The van der Waals surface area contributed by atoms with Crippen molar-refractivity contribution in [1.29, 1.82) is 0 Å². The van der Waals surface area contributed by atoms with Crippen LogP contribution in [0.15, 0.2) is 69.6 Å². The molecule has 1 aliphatic heterocycles. The normalized spacial score (nSPS) is 15.1.